The second-order valence-corrected chi connectivity index (χ2v) is 14.6. The van der Waals surface area contributed by atoms with Crippen LogP contribution < -0.4 is 21.3 Å². The minimum atomic E-state index is -4.66. The number of alkyl halides is 3. The van der Waals surface area contributed by atoms with Crippen molar-refractivity contribution in [1.82, 2.24) is 16.0 Å². The molecule has 0 spiro atoms. The van der Waals surface area contributed by atoms with Crippen molar-refractivity contribution >= 4 is 52.4 Å². The number of rotatable bonds is 7. The Labute approximate surface area is 328 Å². The van der Waals surface area contributed by atoms with E-state index >= 15 is 0 Å². The van der Waals surface area contributed by atoms with Crippen LogP contribution in [0.5, 0.6) is 0 Å². The zero-order chi connectivity index (χ0) is 41.3. The number of halogens is 3. The molecule has 0 unspecified atom stereocenters. The van der Waals surface area contributed by atoms with Gasteiger partial charge in [-0.05, 0) is 65.2 Å². The molecule has 0 radical (unpaired) electrons. The molecule has 17 heteroatoms. The average molecular weight is 809 g/mol. The molecule has 2 bridgehead atoms. The normalized spacial score (nSPS) is 23.1. The lowest BCUT2D eigenvalue weighted by atomic mass is 9.90. The molecule has 7 N–H and O–H groups in total. The van der Waals surface area contributed by atoms with Gasteiger partial charge >= 0.3 is 12.1 Å². The van der Waals surface area contributed by atoms with Gasteiger partial charge in [0.15, 0.2) is 18.0 Å². The van der Waals surface area contributed by atoms with E-state index in [1.807, 2.05) is 0 Å². The Hall–Kier alpha value is -5.91. The number of anilines is 1. The molecule has 6 atom stereocenters. The summed E-state index contributed by atoms with van der Waals surface area (Å²) in [6.07, 6.45) is -10.7. The van der Waals surface area contributed by atoms with E-state index in [0.29, 0.717) is 16.0 Å². The van der Waals surface area contributed by atoms with Crippen LogP contribution in [0.1, 0.15) is 33.6 Å². The number of benzene rings is 3. The maximum atomic E-state index is 14.2. The van der Waals surface area contributed by atoms with Crippen molar-refractivity contribution in [1.29, 1.82) is 0 Å². The lowest BCUT2D eigenvalue weighted by Gasteiger charge is -2.26. The smallest absolute Gasteiger partial charge is 0.416 e. The quantitative estimate of drug-likeness (QED) is 0.137. The molecule has 13 nitrogen and oxygen atoms in total. The van der Waals surface area contributed by atoms with E-state index in [-0.39, 0.29) is 30.5 Å². The summed E-state index contributed by atoms with van der Waals surface area (Å²) in [7, 11) is 0. The van der Waals surface area contributed by atoms with E-state index < -0.39 is 96.2 Å². The minimum Gasteiger partial charge on any atom is -0.481 e. The first-order valence-electron chi connectivity index (χ1n) is 17.7. The van der Waals surface area contributed by atoms with Crippen LogP contribution in [0.4, 0.5) is 18.9 Å². The van der Waals surface area contributed by atoms with Crippen LogP contribution in [0.3, 0.4) is 0 Å². The number of aliphatic hydroxyl groups excluding tert-OH is 2. The Morgan fingerprint density at radius 3 is 1.81 bits per heavy atom. The Bertz CT molecular complexity index is 2050. The van der Waals surface area contributed by atoms with Gasteiger partial charge in [-0.3, -0.25) is 28.8 Å². The van der Waals surface area contributed by atoms with Crippen LogP contribution in [0.25, 0.3) is 0 Å². The summed E-state index contributed by atoms with van der Waals surface area (Å²) in [6.45, 7) is 0. The first-order chi connectivity index (χ1) is 27.1. The predicted octanol–water partition coefficient (Wildman–Crippen LogP) is 2.83. The number of hydrogen-bond acceptors (Lipinski definition) is 9. The van der Waals surface area contributed by atoms with Crippen LogP contribution in [0.15, 0.2) is 96.4 Å². The van der Waals surface area contributed by atoms with Gasteiger partial charge in [0.1, 0.15) is 12.1 Å². The van der Waals surface area contributed by atoms with Crippen molar-refractivity contribution in [3.8, 4) is 0 Å². The molecule has 57 heavy (non-hydrogen) atoms. The molecule has 3 heterocycles. The molecule has 4 aromatic rings. The minimum absolute atomic E-state index is 0.0790. The molecule has 0 saturated heterocycles. The number of hydrogen-bond donors (Lipinski definition) is 7. The lowest BCUT2D eigenvalue weighted by Crippen LogP contribution is -2.58. The van der Waals surface area contributed by atoms with Crippen molar-refractivity contribution in [2.75, 3.05) is 5.32 Å². The van der Waals surface area contributed by atoms with E-state index in [4.69, 9.17) is 0 Å². The summed E-state index contributed by atoms with van der Waals surface area (Å²) < 4.78 is 40.1. The molecule has 2 aliphatic rings. The third kappa shape index (κ3) is 11.8. The van der Waals surface area contributed by atoms with Gasteiger partial charge in [0.05, 0.1) is 17.5 Å². The number of carboxylic acids is 1. The first kappa shape index (κ1) is 42.2. The summed E-state index contributed by atoms with van der Waals surface area (Å²) >= 11 is 1.21. The standard InChI is InChI=1S/C40H39F3N4O9S/c41-40(42,43)26-12-8-24(9-13-26)19-30-35(51)45-29(18-22-5-2-1-3-6-22)32(48)20-25(39(55)56)17-23-10-14-27(15-11-23)44-37(53)33(49)34(50)38(54)47-31(36(52)46-30)21-28-7-4-16-57-28/h1-16,25,29-31,33-34,49-50H,17-21H2,(H,44,53)(H,45,51)(H,46,52)(H,47,54)(H,55,56)/t25-,29-,30+,31-,33-,34-/m1/s1. The van der Waals surface area contributed by atoms with Crippen LogP contribution in [0.2, 0.25) is 0 Å². The van der Waals surface area contributed by atoms with Crippen LogP contribution in [-0.4, -0.2) is 81.0 Å². The van der Waals surface area contributed by atoms with E-state index in [9.17, 15) is 57.3 Å². The number of ketones is 1. The highest BCUT2D eigenvalue weighted by molar-refractivity contribution is 7.09. The average Bonchev–Trinajstić information content (AvgIpc) is 3.70. The number of aliphatic carboxylic acids is 1. The number of carbonyl (C=O) groups excluding carboxylic acids is 5. The maximum Gasteiger partial charge on any atom is 0.416 e. The second kappa shape index (κ2) is 18.8. The van der Waals surface area contributed by atoms with Crippen molar-refractivity contribution in [3.63, 3.8) is 0 Å². The number of carboxylic acid groups (broad SMARTS) is 1. The van der Waals surface area contributed by atoms with Crippen molar-refractivity contribution < 1.29 is 57.3 Å². The number of fused-ring (bicyclic) bond motifs is 18. The largest absolute Gasteiger partial charge is 0.481 e. The molecule has 6 rings (SSSR count). The highest BCUT2D eigenvalue weighted by Crippen LogP contribution is 2.29. The van der Waals surface area contributed by atoms with Crippen molar-refractivity contribution in [2.24, 2.45) is 5.92 Å². The SMILES string of the molecule is O=C(O)[C@H]1CC(=O)[C@@H](Cc2ccccc2)NC(=O)[C@H](Cc2ccc(C(F)(F)F)cc2)NC(=O)[C@@H](Cc2cccs2)NC(=O)[C@H](O)[C@@H](O)C(=O)Nc2ccc(cc2)C1. The zero-order valence-electron chi connectivity index (χ0n) is 30.1. The molecule has 0 aliphatic carbocycles. The van der Waals surface area contributed by atoms with E-state index in [0.717, 1.165) is 24.3 Å². The number of aliphatic hydroxyl groups is 2. The second-order valence-electron chi connectivity index (χ2n) is 13.5. The van der Waals surface area contributed by atoms with Gasteiger partial charge in [-0.1, -0.05) is 60.7 Å². The van der Waals surface area contributed by atoms with Gasteiger partial charge < -0.3 is 36.6 Å². The topological polar surface area (TPSA) is 211 Å². The number of nitrogens with one attached hydrogen (secondary N) is 4. The van der Waals surface area contributed by atoms with Crippen LogP contribution >= 0.6 is 11.3 Å². The van der Waals surface area contributed by atoms with Crippen LogP contribution in [0, 0.1) is 5.92 Å². The van der Waals surface area contributed by atoms with Crippen molar-refractivity contribution in [3.05, 3.63) is 124 Å². The fraction of sp³-hybridized carbons (Fsp3) is 0.300. The van der Waals surface area contributed by atoms with Gasteiger partial charge in [0.2, 0.25) is 11.8 Å². The van der Waals surface area contributed by atoms with Gasteiger partial charge in [-0.2, -0.15) is 13.2 Å². The fourth-order valence-electron chi connectivity index (χ4n) is 6.15. The van der Waals surface area contributed by atoms with Gasteiger partial charge in [0, 0.05) is 29.8 Å². The molecule has 0 fully saturated rings. The van der Waals surface area contributed by atoms with Gasteiger partial charge in [-0.25, -0.2) is 0 Å². The number of thiophene rings is 1. The Morgan fingerprint density at radius 1 is 0.649 bits per heavy atom. The van der Waals surface area contributed by atoms with E-state index in [1.54, 1.807) is 47.8 Å². The Morgan fingerprint density at radius 2 is 1.21 bits per heavy atom. The predicted molar refractivity (Wildman–Crippen MR) is 201 cm³/mol. The third-order valence-corrected chi connectivity index (χ3v) is 10.2. The van der Waals surface area contributed by atoms with Crippen molar-refractivity contribution in [2.45, 2.75) is 68.6 Å². The molecule has 3 aromatic carbocycles. The molecular weight excluding hydrogens is 770 g/mol. The molecular formula is C40H39F3N4O9S. The monoisotopic (exact) mass is 808 g/mol. The maximum absolute atomic E-state index is 14.2. The summed E-state index contributed by atoms with van der Waals surface area (Å²) in [6, 6.07) is 17.0. The highest BCUT2D eigenvalue weighted by atomic mass is 32.1. The van der Waals surface area contributed by atoms with Crippen LogP contribution in [-0.2, 0) is 60.6 Å². The number of carbonyl (C=O) groups is 6. The van der Waals surface area contributed by atoms with E-state index in [2.05, 4.69) is 21.3 Å². The Balaban J connectivity index is 1.54. The summed E-state index contributed by atoms with van der Waals surface area (Å²) in [5.41, 5.74) is 0.411. The van der Waals surface area contributed by atoms with E-state index in [1.165, 1.54) is 35.6 Å². The first-order valence-corrected chi connectivity index (χ1v) is 18.6. The molecule has 300 valence electrons. The number of Topliss-reactive ketones (excluding diaryl/α,β-unsaturated/α-hetero) is 1. The Kier molecular flexibility index (Phi) is 13.9. The third-order valence-electron chi connectivity index (χ3n) is 9.30. The molecule has 0 saturated carbocycles. The molecule has 2 aliphatic heterocycles. The van der Waals surface area contributed by atoms with Gasteiger partial charge in [0.25, 0.3) is 11.8 Å². The van der Waals surface area contributed by atoms with Gasteiger partial charge in [-0.15, -0.1) is 11.3 Å². The highest BCUT2D eigenvalue weighted by Gasteiger charge is 2.36. The molecule has 4 amide bonds. The summed E-state index contributed by atoms with van der Waals surface area (Å²) in [4.78, 5) is 81.2. The summed E-state index contributed by atoms with van der Waals surface area (Å²) in [5.74, 6) is -7.65. The summed E-state index contributed by atoms with van der Waals surface area (Å²) in [5, 5.41) is 42.9. The molecule has 1 aromatic heterocycles. The zero-order valence-corrected chi connectivity index (χ0v) is 30.9. The number of amides is 4. The lowest BCUT2D eigenvalue weighted by molar-refractivity contribution is -0.145. The fourth-order valence-corrected chi connectivity index (χ4v) is 6.91.